The third-order valence-corrected chi connectivity index (χ3v) is 12.0. The van der Waals surface area contributed by atoms with Crippen LogP contribution in [0.1, 0.15) is 0 Å². The largest absolute Gasteiger partial charge is 0.454 e. The quantitative estimate of drug-likeness (QED) is 0.169. The number of rotatable bonds is 6. The van der Waals surface area contributed by atoms with E-state index < -0.39 is 0 Å². The number of fused-ring (bicyclic) bond motifs is 9. The molecule has 276 valence electrons. The van der Waals surface area contributed by atoms with E-state index in [4.69, 9.17) is 4.42 Å². The Balaban J connectivity index is 1.17. The van der Waals surface area contributed by atoms with Crippen molar-refractivity contribution >= 4 is 82.4 Å². The van der Waals surface area contributed by atoms with Gasteiger partial charge in [-0.3, -0.25) is 0 Å². The smallest absolute Gasteiger partial charge is 0.160 e. The number of hydrogen-bond donors (Lipinski definition) is 0. The van der Waals surface area contributed by atoms with Crippen molar-refractivity contribution < 1.29 is 4.42 Å². The van der Waals surface area contributed by atoms with E-state index in [1.54, 1.807) is 0 Å². The van der Waals surface area contributed by atoms with Gasteiger partial charge in [0.05, 0.1) is 16.7 Å². The molecule has 0 aliphatic rings. The predicted octanol–water partition coefficient (Wildman–Crippen LogP) is 15.8. The second kappa shape index (κ2) is 13.4. The van der Waals surface area contributed by atoms with E-state index in [9.17, 15) is 0 Å². The van der Waals surface area contributed by atoms with Crippen LogP contribution in [0.15, 0.2) is 223 Å². The van der Waals surface area contributed by atoms with Gasteiger partial charge in [0.25, 0.3) is 0 Å². The molecule has 59 heavy (non-hydrogen) atoms. The molecular formula is C56H36N2O. The molecule has 0 fully saturated rings. The Morgan fingerprint density at radius 2 is 1.00 bits per heavy atom. The highest BCUT2D eigenvalue weighted by Gasteiger charge is 2.25. The average Bonchev–Trinajstić information content (AvgIpc) is 3.87. The molecule has 0 bridgehead atoms. The van der Waals surface area contributed by atoms with Gasteiger partial charge in [0.1, 0.15) is 5.58 Å². The number of furan rings is 1. The van der Waals surface area contributed by atoms with Crippen molar-refractivity contribution in [1.29, 1.82) is 0 Å². The van der Waals surface area contributed by atoms with Gasteiger partial charge in [0.15, 0.2) is 5.58 Å². The first-order valence-electron chi connectivity index (χ1n) is 20.2. The van der Waals surface area contributed by atoms with Crippen molar-refractivity contribution in [3.8, 4) is 27.9 Å². The van der Waals surface area contributed by atoms with Crippen molar-refractivity contribution in [2.45, 2.75) is 0 Å². The molecule has 0 aliphatic heterocycles. The zero-order chi connectivity index (χ0) is 38.9. The molecule has 12 aromatic rings. The van der Waals surface area contributed by atoms with Crippen LogP contribution in [0.25, 0.3) is 93.2 Å². The third-order valence-electron chi connectivity index (χ3n) is 12.0. The van der Waals surface area contributed by atoms with Crippen LogP contribution < -0.4 is 4.90 Å². The van der Waals surface area contributed by atoms with Crippen molar-refractivity contribution in [3.63, 3.8) is 0 Å². The van der Waals surface area contributed by atoms with E-state index in [0.717, 1.165) is 50.3 Å². The number of anilines is 3. The maximum Gasteiger partial charge on any atom is 0.160 e. The molecular weight excluding hydrogens is 717 g/mol. The van der Waals surface area contributed by atoms with Crippen molar-refractivity contribution in [3.05, 3.63) is 218 Å². The second-order valence-corrected chi connectivity index (χ2v) is 15.3. The van der Waals surface area contributed by atoms with Gasteiger partial charge in [-0.15, -0.1) is 0 Å². The lowest BCUT2D eigenvalue weighted by atomic mass is 9.93. The first-order chi connectivity index (χ1) is 29.3. The molecule has 0 saturated carbocycles. The van der Waals surface area contributed by atoms with Gasteiger partial charge in [-0.2, -0.15) is 0 Å². The van der Waals surface area contributed by atoms with Crippen LogP contribution in [-0.2, 0) is 0 Å². The summed E-state index contributed by atoms with van der Waals surface area (Å²) in [5, 5.41) is 9.40. The summed E-state index contributed by atoms with van der Waals surface area (Å²) in [6.07, 6.45) is 0. The van der Waals surface area contributed by atoms with Crippen molar-refractivity contribution in [2.24, 2.45) is 0 Å². The fraction of sp³-hybridized carbons (Fsp3) is 0. The molecule has 0 spiro atoms. The van der Waals surface area contributed by atoms with Crippen LogP contribution >= 0.6 is 0 Å². The minimum Gasteiger partial charge on any atom is -0.454 e. The summed E-state index contributed by atoms with van der Waals surface area (Å²) in [4.78, 5) is 2.36. The lowest BCUT2D eigenvalue weighted by molar-refractivity contribution is 0.669. The van der Waals surface area contributed by atoms with E-state index in [1.807, 2.05) is 0 Å². The molecule has 3 heteroatoms. The molecule has 10 aromatic carbocycles. The molecule has 0 radical (unpaired) electrons. The molecule has 0 atom stereocenters. The SMILES string of the molecule is c1ccc(-c2ccc(N(c3ccc4ccccc4c3)c3ccc(-c4cccc5c4c4ccccc4n5-c4ccccc4)c4c3oc3ccc5ccccc5c34)cc2)cc1. The minimum atomic E-state index is 0.845. The first kappa shape index (κ1) is 33.3. The normalized spacial score (nSPS) is 11.7. The van der Waals surface area contributed by atoms with Crippen LogP contribution in [0.3, 0.4) is 0 Å². The van der Waals surface area contributed by atoms with Gasteiger partial charge < -0.3 is 13.9 Å². The highest BCUT2D eigenvalue weighted by Crippen LogP contribution is 2.49. The summed E-state index contributed by atoms with van der Waals surface area (Å²) < 4.78 is 9.58. The molecule has 0 unspecified atom stereocenters. The predicted molar refractivity (Wildman–Crippen MR) is 249 cm³/mol. The standard InChI is InChI=1S/C56H36N2O/c1-3-14-37(15-4-1)39-26-30-43(31-27-39)57(44-32-28-38-16-7-8-18-41(38)36-44)51-34-33-47(55-54-45-21-10-9-17-40(45)29-35-52(54)59-56(51)55)46-23-13-25-50-53(46)48-22-11-12-24-49(48)58(50)42-19-5-2-6-20-42/h1-36H. The molecule has 0 aliphatic carbocycles. The van der Waals surface area contributed by atoms with Gasteiger partial charge in [-0.25, -0.2) is 0 Å². The van der Waals surface area contributed by atoms with E-state index >= 15 is 0 Å². The maximum absolute atomic E-state index is 7.19. The summed E-state index contributed by atoms with van der Waals surface area (Å²) in [7, 11) is 0. The summed E-state index contributed by atoms with van der Waals surface area (Å²) in [6.45, 7) is 0. The fourth-order valence-corrected chi connectivity index (χ4v) is 9.30. The topological polar surface area (TPSA) is 21.3 Å². The molecule has 12 rings (SSSR count). The molecule has 0 N–H and O–H groups in total. The summed E-state index contributed by atoms with van der Waals surface area (Å²) in [6, 6.07) is 78.5. The first-order valence-corrected chi connectivity index (χ1v) is 20.2. The Bertz CT molecular complexity index is 3540. The van der Waals surface area contributed by atoms with Crippen molar-refractivity contribution in [1.82, 2.24) is 4.57 Å². The number of benzene rings is 10. The fourth-order valence-electron chi connectivity index (χ4n) is 9.30. The van der Waals surface area contributed by atoms with Gasteiger partial charge in [-0.1, -0.05) is 158 Å². The highest BCUT2D eigenvalue weighted by molar-refractivity contribution is 6.27. The molecule has 2 heterocycles. The summed E-state index contributed by atoms with van der Waals surface area (Å²) >= 11 is 0. The van der Waals surface area contributed by atoms with Crippen LogP contribution in [0.5, 0.6) is 0 Å². The molecule has 3 nitrogen and oxygen atoms in total. The van der Waals surface area contributed by atoms with E-state index in [0.29, 0.717) is 0 Å². The zero-order valence-corrected chi connectivity index (χ0v) is 32.1. The average molecular weight is 753 g/mol. The number of para-hydroxylation sites is 2. The van der Waals surface area contributed by atoms with E-state index in [2.05, 4.69) is 228 Å². The van der Waals surface area contributed by atoms with Crippen LogP contribution in [0.2, 0.25) is 0 Å². The summed E-state index contributed by atoms with van der Waals surface area (Å²) in [5.74, 6) is 0. The van der Waals surface area contributed by atoms with Crippen molar-refractivity contribution in [2.75, 3.05) is 4.90 Å². The molecule has 0 amide bonds. The summed E-state index contributed by atoms with van der Waals surface area (Å²) in [5.41, 5.74) is 13.0. The monoisotopic (exact) mass is 752 g/mol. The highest BCUT2D eigenvalue weighted by atomic mass is 16.3. The molecule has 2 aromatic heterocycles. The zero-order valence-electron chi connectivity index (χ0n) is 32.1. The van der Waals surface area contributed by atoms with Gasteiger partial charge in [0.2, 0.25) is 0 Å². The Morgan fingerprint density at radius 1 is 0.373 bits per heavy atom. The Kier molecular flexibility index (Phi) is 7.54. The van der Waals surface area contributed by atoms with Gasteiger partial charge in [-0.05, 0) is 104 Å². The second-order valence-electron chi connectivity index (χ2n) is 15.3. The molecule has 0 saturated heterocycles. The number of nitrogens with zero attached hydrogens (tertiary/aromatic N) is 2. The Labute approximate surface area is 341 Å². The van der Waals surface area contributed by atoms with Crippen LogP contribution in [0, 0.1) is 0 Å². The van der Waals surface area contributed by atoms with Gasteiger partial charge >= 0.3 is 0 Å². The Hall–Kier alpha value is -7.88. The van der Waals surface area contributed by atoms with Gasteiger partial charge in [0, 0.05) is 38.6 Å². The van der Waals surface area contributed by atoms with Crippen LogP contribution in [-0.4, -0.2) is 4.57 Å². The minimum absolute atomic E-state index is 0.845. The number of hydrogen-bond acceptors (Lipinski definition) is 2. The number of aromatic nitrogens is 1. The maximum atomic E-state index is 7.19. The Morgan fingerprint density at radius 3 is 1.83 bits per heavy atom. The van der Waals surface area contributed by atoms with Crippen LogP contribution in [0.4, 0.5) is 17.1 Å². The third kappa shape index (κ3) is 5.29. The van der Waals surface area contributed by atoms with E-state index in [-0.39, 0.29) is 0 Å². The lowest BCUT2D eigenvalue weighted by Gasteiger charge is -2.26. The van der Waals surface area contributed by atoms with E-state index in [1.165, 1.54) is 60.0 Å². The lowest BCUT2D eigenvalue weighted by Crippen LogP contribution is -2.10.